The van der Waals surface area contributed by atoms with Crippen molar-refractivity contribution in [1.29, 1.82) is 0 Å². The highest BCUT2D eigenvalue weighted by Gasteiger charge is 2.17. The third-order valence-electron chi connectivity index (χ3n) is 2.42. The Morgan fingerprint density at radius 3 is 2.18 bits per heavy atom. The van der Waals surface area contributed by atoms with E-state index in [1.165, 1.54) is 4.31 Å². The molecule has 0 aliphatic rings. The van der Waals surface area contributed by atoms with E-state index in [1.807, 2.05) is 38.1 Å². The van der Waals surface area contributed by atoms with Gasteiger partial charge in [-0.1, -0.05) is 41.9 Å². The van der Waals surface area contributed by atoms with Gasteiger partial charge in [0.2, 0.25) is 0 Å². The highest BCUT2D eigenvalue weighted by molar-refractivity contribution is 9.10. The summed E-state index contributed by atoms with van der Waals surface area (Å²) < 4.78 is 28.6. The first kappa shape index (κ1) is 14.6. The fourth-order valence-corrected chi connectivity index (χ4v) is 2.91. The lowest BCUT2D eigenvalue weighted by atomic mass is 10.2. The van der Waals surface area contributed by atoms with Crippen LogP contribution in [0.15, 0.2) is 28.7 Å². The first-order valence-electron chi connectivity index (χ1n) is 5.48. The summed E-state index contributed by atoms with van der Waals surface area (Å²) in [5.41, 5.74) is 0.934. The van der Waals surface area contributed by atoms with Gasteiger partial charge in [-0.25, -0.2) is 0 Å². The Bertz CT molecular complexity index is 441. The van der Waals surface area contributed by atoms with Crippen LogP contribution >= 0.6 is 15.9 Å². The molecule has 0 amide bonds. The SMILES string of the molecule is CCN(CC)S(=O)(=O)NCc1ccc(Br)cc1. The highest BCUT2D eigenvalue weighted by Crippen LogP contribution is 2.10. The predicted octanol–water partition coefficient (Wildman–Crippen LogP) is 2.13. The van der Waals surface area contributed by atoms with E-state index < -0.39 is 10.2 Å². The van der Waals surface area contributed by atoms with Gasteiger partial charge < -0.3 is 0 Å². The zero-order valence-corrected chi connectivity index (χ0v) is 12.4. The summed E-state index contributed by atoms with van der Waals surface area (Å²) in [5, 5.41) is 0. The molecule has 0 aliphatic carbocycles. The molecule has 0 fully saturated rings. The molecular weight excluding hydrogens is 304 g/mol. The lowest BCUT2D eigenvalue weighted by Gasteiger charge is -2.18. The molecule has 0 atom stereocenters. The van der Waals surface area contributed by atoms with Crippen molar-refractivity contribution in [3.63, 3.8) is 0 Å². The van der Waals surface area contributed by atoms with Gasteiger partial charge in [-0.15, -0.1) is 0 Å². The van der Waals surface area contributed by atoms with Crippen LogP contribution in [0.3, 0.4) is 0 Å². The Balaban J connectivity index is 2.64. The normalized spacial score (nSPS) is 12.0. The van der Waals surface area contributed by atoms with Gasteiger partial charge in [0.1, 0.15) is 0 Å². The van der Waals surface area contributed by atoms with Crippen molar-refractivity contribution in [3.05, 3.63) is 34.3 Å². The molecule has 17 heavy (non-hydrogen) atoms. The number of nitrogens with one attached hydrogen (secondary N) is 1. The Labute approximate surface area is 111 Å². The minimum Gasteiger partial charge on any atom is -0.198 e. The second kappa shape index (κ2) is 6.49. The Kier molecular flexibility index (Phi) is 5.58. The molecule has 96 valence electrons. The van der Waals surface area contributed by atoms with Gasteiger partial charge in [0.15, 0.2) is 0 Å². The molecule has 0 aliphatic heterocycles. The number of benzene rings is 1. The van der Waals surface area contributed by atoms with Crippen LogP contribution in [0.25, 0.3) is 0 Å². The number of hydrogen-bond acceptors (Lipinski definition) is 2. The molecule has 0 spiro atoms. The first-order chi connectivity index (χ1) is 7.99. The predicted molar refractivity (Wildman–Crippen MR) is 72.8 cm³/mol. The zero-order chi connectivity index (χ0) is 12.9. The van der Waals surface area contributed by atoms with Gasteiger partial charge in [-0.3, -0.25) is 0 Å². The quantitative estimate of drug-likeness (QED) is 0.872. The molecule has 0 aromatic heterocycles. The third kappa shape index (κ3) is 4.39. The summed E-state index contributed by atoms with van der Waals surface area (Å²) in [7, 11) is -3.36. The number of nitrogens with zero attached hydrogens (tertiary/aromatic N) is 1. The van der Waals surface area contributed by atoms with Gasteiger partial charge in [0.05, 0.1) is 0 Å². The molecule has 6 heteroatoms. The van der Waals surface area contributed by atoms with E-state index >= 15 is 0 Å². The van der Waals surface area contributed by atoms with Crippen LogP contribution in [0.2, 0.25) is 0 Å². The summed E-state index contributed by atoms with van der Waals surface area (Å²) in [6.45, 7) is 4.91. The minimum absolute atomic E-state index is 0.312. The summed E-state index contributed by atoms with van der Waals surface area (Å²) >= 11 is 3.33. The molecule has 0 radical (unpaired) electrons. The van der Waals surface area contributed by atoms with Crippen molar-refractivity contribution < 1.29 is 8.42 Å². The standard InChI is InChI=1S/C11H17BrN2O2S/c1-3-14(4-2)17(15,16)13-9-10-5-7-11(12)8-6-10/h5-8,13H,3-4,9H2,1-2H3. The van der Waals surface area contributed by atoms with E-state index in [0.717, 1.165) is 10.0 Å². The number of halogens is 1. The molecule has 1 aromatic carbocycles. The lowest BCUT2D eigenvalue weighted by molar-refractivity contribution is 0.434. The average Bonchev–Trinajstić information content (AvgIpc) is 2.29. The number of hydrogen-bond donors (Lipinski definition) is 1. The van der Waals surface area contributed by atoms with Crippen molar-refractivity contribution >= 4 is 26.1 Å². The molecule has 0 unspecified atom stereocenters. The van der Waals surface area contributed by atoms with Gasteiger partial charge in [0.25, 0.3) is 10.2 Å². The van der Waals surface area contributed by atoms with Gasteiger partial charge in [0, 0.05) is 24.1 Å². The highest BCUT2D eigenvalue weighted by atomic mass is 79.9. The monoisotopic (exact) mass is 320 g/mol. The van der Waals surface area contributed by atoms with Crippen molar-refractivity contribution in [2.75, 3.05) is 13.1 Å². The first-order valence-corrected chi connectivity index (χ1v) is 7.72. The fraction of sp³-hybridized carbons (Fsp3) is 0.455. The summed E-state index contributed by atoms with van der Waals surface area (Å²) in [6, 6.07) is 7.55. The van der Waals surface area contributed by atoms with Crippen LogP contribution in [0.4, 0.5) is 0 Å². The summed E-state index contributed by atoms with van der Waals surface area (Å²) in [5.74, 6) is 0. The Morgan fingerprint density at radius 2 is 1.71 bits per heavy atom. The smallest absolute Gasteiger partial charge is 0.198 e. The second-order valence-electron chi connectivity index (χ2n) is 3.54. The maximum Gasteiger partial charge on any atom is 0.279 e. The van der Waals surface area contributed by atoms with E-state index in [4.69, 9.17) is 0 Å². The van der Waals surface area contributed by atoms with Gasteiger partial charge in [-0.2, -0.15) is 17.4 Å². The molecule has 0 heterocycles. The van der Waals surface area contributed by atoms with E-state index in [-0.39, 0.29) is 0 Å². The fourth-order valence-electron chi connectivity index (χ4n) is 1.43. The largest absolute Gasteiger partial charge is 0.279 e. The summed E-state index contributed by atoms with van der Waals surface area (Å²) in [4.78, 5) is 0. The van der Waals surface area contributed by atoms with Crippen molar-refractivity contribution in [2.24, 2.45) is 0 Å². The van der Waals surface area contributed by atoms with Gasteiger partial charge >= 0.3 is 0 Å². The second-order valence-corrected chi connectivity index (χ2v) is 6.21. The summed E-state index contributed by atoms with van der Waals surface area (Å²) in [6.07, 6.45) is 0. The lowest BCUT2D eigenvalue weighted by Crippen LogP contribution is -2.40. The van der Waals surface area contributed by atoms with Crippen molar-refractivity contribution in [2.45, 2.75) is 20.4 Å². The molecule has 4 nitrogen and oxygen atoms in total. The average molecular weight is 321 g/mol. The van der Waals surface area contributed by atoms with Crippen molar-refractivity contribution in [3.8, 4) is 0 Å². The zero-order valence-electron chi connectivity index (χ0n) is 9.98. The van der Waals surface area contributed by atoms with Crippen molar-refractivity contribution in [1.82, 2.24) is 9.03 Å². The molecule has 0 bridgehead atoms. The Hall–Kier alpha value is -0.430. The molecule has 1 aromatic rings. The maximum atomic E-state index is 11.8. The topological polar surface area (TPSA) is 49.4 Å². The van der Waals surface area contributed by atoms with Crippen LogP contribution < -0.4 is 4.72 Å². The van der Waals surface area contributed by atoms with Crippen LogP contribution in [-0.4, -0.2) is 25.8 Å². The van der Waals surface area contributed by atoms with E-state index in [0.29, 0.717) is 19.6 Å². The minimum atomic E-state index is -3.36. The molecule has 0 saturated heterocycles. The van der Waals surface area contributed by atoms with Crippen LogP contribution in [0, 0.1) is 0 Å². The van der Waals surface area contributed by atoms with Crippen LogP contribution in [0.1, 0.15) is 19.4 Å². The maximum absolute atomic E-state index is 11.8. The van der Waals surface area contributed by atoms with Crippen LogP contribution in [0.5, 0.6) is 0 Å². The molecule has 1 rings (SSSR count). The van der Waals surface area contributed by atoms with E-state index in [2.05, 4.69) is 20.7 Å². The molecule has 1 N–H and O–H groups in total. The Morgan fingerprint density at radius 1 is 1.18 bits per heavy atom. The molecule has 0 saturated carbocycles. The van der Waals surface area contributed by atoms with Crippen LogP contribution in [-0.2, 0) is 16.8 Å². The van der Waals surface area contributed by atoms with E-state index in [1.54, 1.807) is 0 Å². The number of rotatable bonds is 6. The third-order valence-corrected chi connectivity index (χ3v) is 4.65. The van der Waals surface area contributed by atoms with Gasteiger partial charge in [-0.05, 0) is 17.7 Å². The molecular formula is C11H17BrN2O2S. The van der Waals surface area contributed by atoms with E-state index in [9.17, 15) is 8.42 Å².